The van der Waals surface area contributed by atoms with Gasteiger partial charge < -0.3 is 24.8 Å². The SMILES string of the molecule is C[NH+](C)CCCCCCCCCCCCCCCCCc1ccccc1.C[NH+](C)CCCCCCCCCCCCCCCCCc1ccccc1.O=C([O-])[O-]. The predicted octanol–water partition coefficient (Wildman–Crippen LogP) is 10.0. The summed E-state index contributed by atoms with van der Waals surface area (Å²) in [5.41, 5.74) is 3.00. The number of hydrogen-bond acceptors (Lipinski definition) is 3. The van der Waals surface area contributed by atoms with E-state index in [1.54, 1.807) is 9.80 Å². The minimum atomic E-state index is -2.33. The highest BCUT2D eigenvalue weighted by Crippen LogP contribution is 2.16. The van der Waals surface area contributed by atoms with E-state index in [4.69, 9.17) is 15.0 Å². The van der Waals surface area contributed by atoms with Gasteiger partial charge in [0, 0.05) is 0 Å². The molecule has 0 radical (unpaired) electrons. The Morgan fingerprint density at radius 3 is 0.714 bits per heavy atom. The predicted molar refractivity (Wildman–Crippen MR) is 240 cm³/mol. The van der Waals surface area contributed by atoms with Gasteiger partial charge in [0.15, 0.2) is 0 Å². The number of unbranched alkanes of at least 4 members (excludes halogenated alkanes) is 28. The molecule has 0 bridgehead atoms. The molecule has 2 N–H and O–H groups in total. The first-order valence-corrected chi connectivity index (χ1v) is 23.8. The third-order valence-electron chi connectivity index (χ3n) is 11.0. The number of carboxylic acid groups (broad SMARTS) is 2. The summed E-state index contributed by atoms with van der Waals surface area (Å²) in [6.45, 7) is 2.68. The van der Waals surface area contributed by atoms with Gasteiger partial charge in [-0.15, -0.1) is 0 Å². The van der Waals surface area contributed by atoms with Crippen LogP contribution in [0, 0.1) is 0 Å². The molecule has 0 aliphatic heterocycles. The number of nitrogens with one attached hydrogen (secondary N) is 2. The number of carbonyl (C=O) groups is 1. The number of hydrogen-bond donors (Lipinski definition) is 2. The molecule has 2 aromatic carbocycles. The third kappa shape index (κ3) is 46.0. The Bertz CT molecular complexity index is 949. The first-order chi connectivity index (χ1) is 27.3. The second kappa shape index (κ2) is 43.7. The molecule has 0 atom stereocenters. The highest BCUT2D eigenvalue weighted by molar-refractivity contribution is 5.47. The zero-order valence-electron chi connectivity index (χ0n) is 37.5. The van der Waals surface area contributed by atoms with Gasteiger partial charge in [0.2, 0.25) is 0 Å². The summed E-state index contributed by atoms with van der Waals surface area (Å²) >= 11 is 0. The Balaban J connectivity index is 0.000000985. The molecule has 0 spiro atoms. The number of benzene rings is 2. The summed E-state index contributed by atoms with van der Waals surface area (Å²) in [5, 5.41) is 16.7. The van der Waals surface area contributed by atoms with Crippen LogP contribution >= 0.6 is 0 Å². The molecule has 0 aliphatic rings. The Morgan fingerprint density at radius 2 is 0.518 bits per heavy atom. The van der Waals surface area contributed by atoms with Gasteiger partial charge in [-0.2, -0.15) is 0 Å². The van der Waals surface area contributed by atoms with E-state index in [0.717, 1.165) is 0 Å². The Kier molecular flexibility index (Phi) is 41.9. The van der Waals surface area contributed by atoms with Crippen molar-refractivity contribution < 1.29 is 24.8 Å². The summed E-state index contributed by atoms with van der Waals surface area (Å²) in [6.07, 6.45) is 43.6. The van der Waals surface area contributed by atoms with Crippen molar-refractivity contribution in [2.45, 2.75) is 205 Å². The Hall–Kier alpha value is -2.37. The lowest BCUT2D eigenvalue weighted by Gasteiger charge is -2.06. The van der Waals surface area contributed by atoms with Crippen molar-refractivity contribution in [3.05, 3.63) is 71.8 Å². The van der Waals surface area contributed by atoms with E-state index < -0.39 is 6.16 Å². The van der Waals surface area contributed by atoms with Gasteiger partial charge in [-0.05, 0) is 68.6 Å². The van der Waals surface area contributed by atoms with Gasteiger partial charge in [-0.1, -0.05) is 215 Å². The van der Waals surface area contributed by atoms with E-state index in [1.807, 2.05) is 0 Å². The van der Waals surface area contributed by atoms with Gasteiger partial charge >= 0.3 is 0 Å². The second-order valence-corrected chi connectivity index (χ2v) is 17.2. The lowest BCUT2D eigenvalue weighted by atomic mass is 10.0. The van der Waals surface area contributed by atoms with Crippen LogP contribution in [0.25, 0.3) is 0 Å². The fourth-order valence-corrected chi connectivity index (χ4v) is 7.50. The molecule has 2 rings (SSSR count). The summed E-state index contributed by atoms with van der Waals surface area (Å²) in [4.78, 5) is 11.5. The van der Waals surface area contributed by atoms with E-state index in [1.165, 1.54) is 230 Å². The zero-order chi connectivity index (χ0) is 41.0. The molecular weight excluding hydrogens is 689 g/mol. The molecule has 56 heavy (non-hydrogen) atoms. The van der Waals surface area contributed by atoms with Crippen LogP contribution in [0.1, 0.15) is 204 Å². The molecule has 0 unspecified atom stereocenters. The lowest BCUT2D eigenvalue weighted by Crippen LogP contribution is -3.05. The molecule has 0 heterocycles. The number of aryl methyl sites for hydroxylation is 2. The van der Waals surface area contributed by atoms with Crippen LogP contribution in [0.5, 0.6) is 0 Å². The van der Waals surface area contributed by atoms with Crippen molar-refractivity contribution >= 4 is 6.16 Å². The largest absolute Gasteiger partial charge is 0.652 e. The second-order valence-electron chi connectivity index (χ2n) is 17.2. The maximum absolute atomic E-state index is 8.33. The van der Waals surface area contributed by atoms with Gasteiger partial charge in [-0.3, -0.25) is 0 Å². The van der Waals surface area contributed by atoms with Crippen molar-refractivity contribution in [3.8, 4) is 0 Å². The van der Waals surface area contributed by atoms with Gasteiger partial charge in [0.1, 0.15) is 0 Å². The monoisotopic (exact) mass is 781 g/mol. The molecule has 5 heteroatoms. The molecule has 324 valence electrons. The highest BCUT2D eigenvalue weighted by Gasteiger charge is 1.99. The maximum Gasteiger partial charge on any atom is 0.0766 e. The van der Waals surface area contributed by atoms with E-state index >= 15 is 0 Å². The Labute approximate surface area is 348 Å². The van der Waals surface area contributed by atoms with Crippen LogP contribution in [0.2, 0.25) is 0 Å². The standard InChI is InChI=1S/2C25H45N.CH2O3/c2*1-26(2)24-20-15-13-11-9-7-5-3-4-6-8-10-12-14-17-21-25-22-18-16-19-23-25;2-1(3)4/h2*16,18-19,22-23H,3-15,17,20-21,24H2,1-2H3;(H2,2,3,4). The van der Waals surface area contributed by atoms with E-state index in [9.17, 15) is 0 Å². The van der Waals surface area contributed by atoms with Crippen LogP contribution in [-0.2, 0) is 12.8 Å². The molecule has 5 nitrogen and oxygen atoms in total. The van der Waals surface area contributed by atoms with Crippen LogP contribution in [-0.4, -0.2) is 47.4 Å². The van der Waals surface area contributed by atoms with Crippen molar-refractivity contribution in [2.24, 2.45) is 0 Å². The smallest absolute Gasteiger partial charge is 0.0766 e. The first kappa shape index (κ1) is 53.6. The van der Waals surface area contributed by atoms with Crippen molar-refractivity contribution in [3.63, 3.8) is 0 Å². The summed E-state index contributed by atoms with van der Waals surface area (Å²) in [6, 6.07) is 21.9. The van der Waals surface area contributed by atoms with E-state index in [-0.39, 0.29) is 0 Å². The van der Waals surface area contributed by atoms with E-state index in [2.05, 4.69) is 88.9 Å². The number of carbonyl (C=O) groups excluding carboxylic acids is 1. The maximum atomic E-state index is 8.33. The normalized spacial score (nSPS) is 11.0. The summed E-state index contributed by atoms with van der Waals surface area (Å²) < 4.78 is 0. The fraction of sp³-hybridized carbons (Fsp3) is 0.745. The quantitative estimate of drug-likeness (QED) is 0.0677. The van der Waals surface area contributed by atoms with Crippen molar-refractivity contribution in [1.82, 2.24) is 0 Å². The zero-order valence-corrected chi connectivity index (χ0v) is 37.5. The minimum absolute atomic E-state index is 1.26. The topological polar surface area (TPSA) is 72.1 Å². The average molecular weight is 781 g/mol. The molecule has 0 aliphatic carbocycles. The molecule has 0 saturated carbocycles. The van der Waals surface area contributed by atoms with E-state index in [0.29, 0.717) is 0 Å². The lowest BCUT2D eigenvalue weighted by molar-refractivity contribution is -0.858. The third-order valence-corrected chi connectivity index (χ3v) is 11.0. The summed E-state index contributed by atoms with van der Waals surface area (Å²) in [5.74, 6) is 0. The molecule has 0 fully saturated rings. The first-order valence-electron chi connectivity index (χ1n) is 23.8. The average Bonchev–Trinajstić information content (AvgIpc) is 3.18. The van der Waals surface area contributed by atoms with Crippen molar-refractivity contribution in [1.29, 1.82) is 0 Å². The molecule has 0 aromatic heterocycles. The van der Waals surface area contributed by atoms with Crippen LogP contribution in [0.4, 0.5) is 4.79 Å². The molecule has 2 aromatic rings. The van der Waals surface area contributed by atoms with Crippen molar-refractivity contribution in [2.75, 3.05) is 41.3 Å². The highest BCUT2D eigenvalue weighted by atomic mass is 16.6. The van der Waals surface area contributed by atoms with Crippen LogP contribution < -0.4 is 20.0 Å². The Morgan fingerprint density at radius 1 is 0.339 bits per heavy atom. The van der Waals surface area contributed by atoms with Gasteiger partial charge in [0.05, 0.1) is 41.3 Å². The number of rotatable bonds is 36. The molecule has 0 amide bonds. The van der Waals surface area contributed by atoms with Gasteiger partial charge in [-0.25, -0.2) is 0 Å². The van der Waals surface area contributed by atoms with Crippen LogP contribution in [0.15, 0.2) is 60.7 Å². The van der Waals surface area contributed by atoms with Crippen LogP contribution in [0.3, 0.4) is 0 Å². The molecule has 0 saturated heterocycles. The number of quaternary nitrogens is 2. The van der Waals surface area contributed by atoms with Gasteiger partial charge in [0.25, 0.3) is 0 Å². The minimum Gasteiger partial charge on any atom is -0.652 e. The fourth-order valence-electron chi connectivity index (χ4n) is 7.50. The summed E-state index contributed by atoms with van der Waals surface area (Å²) in [7, 11) is 9.02. The molecular formula is C51H92N2O3.